The molecule has 0 heterocycles. The third-order valence-electron chi connectivity index (χ3n) is 3.59. The Morgan fingerprint density at radius 3 is 2.39 bits per heavy atom. The van der Waals surface area contributed by atoms with Crippen LogP contribution in [-0.2, 0) is 11.3 Å². The summed E-state index contributed by atoms with van der Waals surface area (Å²) >= 11 is 0. The summed E-state index contributed by atoms with van der Waals surface area (Å²) in [6, 6.07) is 9.10. The molecule has 6 heteroatoms. The minimum absolute atomic E-state index is 0.0427. The van der Waals surface area contributed by atoms with Gasteiger partial charge in [0.25, 0.3) is 0 Å². The first kappa shape index (κ1) is 19.1. The van der Waals surface area contributed by atoms with Crippen LogP contribution in [0.3, 0.4) is 0 Å². The van der Waals surface area contributed by atoms with Gasteiger partial charge in [-0.05, 0) is 18.4 Å². The summed E-state index contributed by atoms with van der Waals surface area (Å²) in [5.74, 6) is -0.202. The standard InChI is InChI=1S/C17H27N3O3/c1-4-18-17(23)19-16(22)11-20(15(12-21)13(2)3)10-14-8-6-5-7-9-14/h5-9,13,15,21H,4,10-12H2,1-3H3,(H2,18,19,22,23). The van der Waals surface area contributed by atoms with E-state index in [-0.39, 0.29) is 31.0 Å². The van der Waals surface area contributed by atoms with E-state index < -0.39 is 6.03 Å². The van der Waals surface area contributed by atoms with Crippen molar-refractivity contribution in [2.24, 2.45) is 5.92 Å². The second-order valence-electron chi connectivity index (χ2n) is 5.79. The molecule has 0 aliphatic carbocycles. The molecule has 6 nitrogen and oxygen atoms in total. The third kappa shape index (κ3) is 6.80. The molecule has 128 valence electrons. The molecule has 1 aromatic rings. The summed E-state index contributed by atoms with van der Waals surface area (Å²) in [6.07, 6.45) is 0. The van der Waals surface area contributed by atoms with Crippen LogP contribution in [0.4, 0.5) is 4.79 Å². The predicted molar refractivity (Wildman–Crippen MR) is 89.8 cm³/mol. The molecular formula is C17H27N3O3. The summed E-state index contributed by atoms with van der Waals surface area (Å²) in [7, 11) is 0. The number of imide groups is 1. The van der Waals surface area contributed by atoms with Crippen molar-refractivity contribution in [3.8, 4) is 0 Å². The fourth-order valence-electron chi connectivity index (χ4n) is 2.41. The smallest absolute Gasteiger partial charge is 0.321 e. The van der Waals surface area contributed by atoms with Crippen LogP contribution in [0.15, 0.2) is 30.3 Å². The summed E-state index contributed by atoms with van der Waals surface area (Å²) in [5.41, 5.74) is 1.05. The quantitative estimate of drug-likeness (QED) is 0.675. The zero-order valence-corrected chi connectivity index (χ0v) is 14.1. The normalized spacial score (nSPS) is 12.3. The van der Waals surface area contributed by atoms with Crippen molar-refractivity contribution < 1.29 is 14.7 Å². The Hall–Kier alpha value is -1.92. The van der Waals surface area contributed by atoms with E-state index in [1.807, 2.05) is 49.1 Å². The van der Waals surface area contributed by atoms with Crippen molar-refractivity contribution >= 4 is 11.9 Å². The number of benzene rings is 1. The molecule has 0 aliphatic heterocycles. The molecule has 0 aliphatic rings. The Balaban J connectivity index is 2.78. The fraction of sp³-hybridized carbons (Fsp3) is 0.529. The van der Waals surface area contributed by atoms with E-state index in [1.165, 1.54) is 0 Å². The minimum Gasteiger partial charge on any atom is -0.395 e. The number of rotatable bonds is 8. The van der Waals surface area contributed by atoms with Gasteiger partial charge in [-0.15, -0.1) is 0 Å². The Kier molecular flexibility index (Phi) is 8.29. The molecule has 0 fully saturated rings. The Morgan fingerprint density at radius 2 is 1.87 bits per heavy atom. The number of hydrogen-bond acceptors (Lipinski definition) is 4. The van der Waals surface area contributed by atoms with E-state index in [2.05, 4.69) is 10.6 Å². The maximum Gasteiger partial charge on any atom is 0.321 e. The molecule has 1 atom stereocenters. The maximum absolute atomic E-state index is 12.1. The average Bonchev–Trinajstić information content (AvgIpc) is 2.48. The number of carbonyl (C=O) groups is 2. The van der Waals surface area contributed by atoms with Crippen molar-refractivity contribution in [3.63, 3.8) is 0 Å². The highest BCUT2D eigenvalue weighted by atomic mass is 16.3. The lowest BCUT2D eigenvalue weighted by Crippen LogP contribution is -2.49. The molecule has 1 rings (SSSR count). The number of nitrogens with one attached hydrogen (secondary N) is 2. The fourth-order valence-corrected chi connectivity index (χ4v) is 2.41. The van der Waals surface area contributed by atoms with Gasteiger partial charge in [-0.25, -0.2) is 4.79 Å². The Bertz CT molecular complexity index is 491. The van der Waals surface area contributed by atoms with Crippen molar-refractivity contribution in [1.29, 1.82) is 0 Å². The molecule has 3 N–H and O–H groups in total. The van der Waals surface area contributed by atoms with Gasteiger partial charge in [-0.1, -0.05) is 44.2 Å². The van der Waals surface area contributed by atoms with Gasteiger partial charge in [-0.2, -0.15) is 0 Å². The minimum atomic E-state index is -0.498. The molecule has 0 bridgehead atoms. The van der Waals surface area contributed by atoms with Crippen LogP contribution in [0.25, 0.3) is 0 Å². The molecule has 0 spiro atoms. The molecule has 3 amide bonds. The number of carbonyl (C=O) groups excluding carboxylic acids is 2. The highest BCUT2D eigenvalue weighted by Crippen LogP contribution is 2.14. The first-order valence-electron chi connectivity index (χ1n) is 7.94. The van der Waals surface area contributed by atoms with E-state index >= 15 is 0 Å². The highest BCUT2D eigenvalue weighted by Gasteiger charge is 2.24. The van der Waals surface area contributed by atoms with Crippen LogP contribution in [0.2, 0.25) is 0 Å². The van der Waals surface area contributed by atoms with Crippen molar-refractivity contribution in [2.75, 3.05) is 19.7 Å². The monoisotopic (exact) mass is 321 g/mol. The van der Waals surface area contributed by atoms with Gasteiger partial charge < -0.3 is 10.4 Å². The van der Waals surface area contributed by atoms with Crippen molar-refractivity contribution in [2.45, 2.75) is 33.4 Å². The molecule has 23 heavy (non-hydrogen) atoms. The van der Waals surface area contributed by atoms with E-state index in [9.17, 15) is 14.7 Å². The van der Waals surface area contributed by atoms with Crippen molar-refractivity contribution in [1.82, 2.24) is 15.5 Å². The molecule has 1 aromatic carbocycles. The molecule has 0 saturated heterocycles. The van der Waals surface area contributed by atoms with E-state index in [1.54, 1.807) is 6.92 Å². The largest absolute Gasteiger partial charge is 0.395 e. The Morgan fingerprint density at radius 1 is 1.22 bits per heavy atom. The number of nitrogens with zero attached hydrogens (tertiary/aromatic N) is 1. The number of aliphatic hydroxyl groups excluding tert-OH is 1. The van der Waals surface area contributed by atoms with Gasteiger partial charge >= 0.3 is 6.03 Å². The zero-order chi connectivity index (χ0) is 17.2. The van der Waals surface area contributed by atoms with Gasteiger partial charge in [0, 0.05) is 19.1 Å². The first-order chi connectivity index (χ1) is 11.0. The number of amides is 3. The molecular weight excluding hydrogens is 294 g/mol. The summed E-state index contributed by atoms with van der Waals surface area (Å²) in [5, 5.41) is 14.5. The SMILES string of the molecule is CCNC(=O)NC(=O)CN(Cc1ccccc1)C(CO)C(C)C. The van der Waals surface area contributed by atoms with E-state index in [0.29, 0.717) is 13.1 Å². The summed E-state index contributed by atoms with van der Waals surface area (Å²) in [4.78, 5) is 25.4. The lowest BCUT2D eigenvalue weighted by molar-refractivity contribution is -0.122. The number of hydrogen-bond donors (Lipinski definition) is 3. The molecule has 1 unspecified atom stereocenters. The maximum atomic E-state index is 12.1. The Labute approximate surface area is 137 Å². The second-order valence-corrected chi connectivity index (χ2v) is 5.79. The number of aliphatic hydroxyl groups is 1. The lowest BCUT2D eigenvalue weighted by Gasteiger charge is -2.32. The second kappa shape index (κ2) is 9.97. The predicted octanol–water partition coefficient (Wildman–Crippen LogP) is 1.35. The topological polar surface area (TPSA) is 81.7 Å². The van der Waals surface area contributed by atoms with Gasteiger partial charge in [0.1, 0.15) is 0 Å². The van der Waals surface area contributed by atoms with Crippen LogP contribution < -0.4 is 10.6 Å². The third-order valence-corrected chi connectivity index (χ3v) is 3.59. The van der Waals surface area contributed by atoms with Gasteiger partial charge in [0.2, 0.25) is 5.91 Å². The van der Waals surface area contributed by atoms with Gasteiger partial charge in [0.15, 0.2) is 0 Å². The van der Waals surface area contributed by atoms with Crippen LogP contribution >= 0.6 is 0 Å². The summed E-state index contributed by atoms with van der Waals surface area (Å²) in [6.45, 7) is 6.78. The molecule has 0 saturated carbocycles. The summed E-state index contributed by atoms with van der Waals surface area (Å²) < 4.78 is 0. The van der Waals surface area contributed by atoms with E-state index in [0.717, 1.165) is 5.56 Å². The van der Waals surface area contributed by atoms with Crippen molar-refractivity contribution in [3.05, 3.63) is 35.9 Å². The molecule has 0 aromatic heterocycles. The van der Waals surface area contributed by atoms with Crippen LogP contribution in [0, 0.1) is 5.92 Å². The van der Waals surface area contributed by atoms with Crippen LogP contribution in [-0.4, -0.2) is 47.7 Å². The molecule has 0 radical (unpaired) electrons. The van der Waals surface area contributed by atoms with Crippen LogP contribution in [0.5, 0.6) is 0 Å². The lowest BCUT2D eigenvalue weighted by atomic mass is 10.0. The van der Waals surface area contributed by atoms with Crippen LogP contribution in [0.1, 0.15) is 26.3 Å². The average molecular weight is 321 g/mol. The van der Waals surface area contributed by atoms with E-state index in [4.69, 9.17) is 0 Å². The highest BCUT2D eigenvalue weighted by molar-refractivity contribution is 5.95. The number of urea groups is 1. The van der Waals surface area contributed by atoms with Gasteiger partial charge in [0.05, 0.1) is 13.2 Å². The zero-order valence-electron chi connectivity index (χ0n) is 14.1. The van der Waals surface area contributed by atoms with Gasteiger partial charge in [-0.3, -0.25) is 15.0 Å². The first-order valence-corrected chi connectivity index (χ1v) is 7.94.